The number of hydrogen-bond acceptors (Lipinski definition) is 6. The number of amides is 1. The van der Waals surface area contributed by atoms with E-state index in [0.717, 1.165) is 19.3 Å². The molecule has 0 unspecified atom stereocenters. The summed E-state index contributed by atoms with van der Waals surface area (Å²) < 4.78 is 10.6. The number of aryl methyl sites for hydroxylation is 1. The smallest absolute Gasteiger partial charge is 0.251 e. The first-order valence-corrected chi connectivity index (χ1v) is 8.57. The number of aliphatic hydroxyl groups excluding tert-OH is 1. The Hall–Kier alpha value is -2.41. The Bertz CT molecular complexity index is 702. The van der Waals surface area contributed by atoms with Crippen LogP contribution in [-0.2, 0) is 13.0 Å². The summed E-state index contributed by atoms with van der Waals surface area (Å²) in [5.41, 5.74) is 0.438. The summed E-state index contributed by atoms with van der Waals surface area (Å²) in [6.07, 6.45) is 3.73. The fourth-order valence-electron chi connectivity index (χ4n) is 2.78. The Balaban J connectivity index is 1.50. The van der Waals surface area contributed by atoms with Crippen LogP contribution in [0.3, 0.4) is 0 Å². The lowest BCUT2D eigenvalue weighted by Gasteiger charge is -2.40. The van der Waals surface area contributed by atoms with Crippen LogP contribution < -0.4 is 10.1 Å². The van der Waals surface area contributed by atoms with Crippen LogP contribution in [0.2, 0.25) is 0 Å². The second kappa shape index (κ2) is 7.65. The first-order chi connectivity index (χ1) is 12.1. The molecular weight excluding hydrogens is 322 g/mol. The minimum atomic E-state index is -0.142. The van der Waals surface area contributed by atoms with Crippen LogP contribution in [0.15, 0.2) is 28.8 Å². The summed E-state index contributed by atoms with van der Waals surface area (Å²) in [7, 11) is 0. The molecule has 0 atom stereocenters. The van der Waals surface area contributed by atoms with Crippen molar-refractivity contribution in [1.29, 1.82) is 0 Å². The number of ether oxygens (including phenoxy) is 1. The average Bonchev–Trinajstić information content (AvgIpc) is 3.08. The molecule has 134 valence electrons. The Labute approximate surface area is 146 Å². The van der Waals surface area contributed by atoms with Crippen molar-refractivity contribution in [3.63, 3.8) is 0 Å². The maximum absolute atomic E-state index is 12.2. The number of aliphatic hydroxyl groups is 1. The molecule has 0 bridgehead atoms. The molecule has 1 aromatic carbocycles. The van der Waals surface area contributed by atoms with E-state index in [0.29, 0.717) is 36.0 Å². The van der Waals surface area contributed by atoms with Crippen molar-refractivity contribution < 1.29 is 19.2 Å². The van der Waals surface area contributed by atoms with Crippen LogP contribution in [0.5, 0.6) is 5.75 Å². The molecule has 25 heavy (non-hydrogen) atoms. The second-order valence-corrected chi connectivity index (χ2v) is 6.47. The lowest BCUT2D eigenvalue weighted by molar-refractivity contribution is 0.0429. The van der Waals surface area contributed by atoms with Gasteiger partial charge in [0.15, 0.2) is 6.61 Å². The Morgan fingerprint density at radius 1 is 1.36 bits per heavy atom. The van der Waals surface area contributed by atoms with E-state index in [1.54, 1.807) is 24.3 Å². The fourth-order valence-corrected chi connectivity index (χ4v) is 2.78. The maximum Gasteiger partial charge on any atom is 0.251 e. The van der Waals surface area contributed by atoms with Crippen molar-refractivity contribution in [1.82, 2.24) is 15.5 Å². The SMILES string of the molecule is CCc1nc(COc2ccc(C(=O)NCC3(CO)CCC3)cc2)no1. The molecule has 1 aliphatic rings. The summed E-state index contributed by atoms with van der Waals surface area (Å²) in [5, 5.41) is 16.2. The van der Waals surface area contributed by atoms with Gasteiger partial charge in [-0.2, -0.15) is 4.98 Å². The Morgan fingerprint density at radius 3 is 2.68 bits per heavy atom. The number of carbonyl (C=O) groups excluding carboxylic acids is 1. The third-order valence-corrected chi connectivity index (χ3v) is 4.67. The summed E-state index contributed by atoms with van der Waals surface area (Å²) in [6.45, 7) is 2.79. The third-order valence-electron chi connectivity index (χ3n) is 4.67. The van der Waals surface area contributed by atoms with Crippen LogP contribution in [0.25, 0.3) is 0 Å². The normalized spacial score (nSPS) is 15.4. The van der Waals surface area contributed by atoms with Crippen LogP contribution in [0.1, 0.15) is 48.3 Å². The van der Waals surface area contributed by atoms with E-state index in [4.69, 9.17) is 9.26 Å². The number of aromatic nitrogens is 2. The van der Waals surface area contributed by atoms with Gasteiger partial charge in [0.1, 0.15) is 5.75 Å². The number of benzene rings is 1. The van der Waals surface area contributed by atoms with Gasteiger partial charge in [-0.25, -0.2) is 0 Å². The molecule has 1 fully saturated rings. The van der Waals surface area contributed by atoms with E-state index in [9.17, 15) is 9.90 Å². The molecule has 1 aromatic heterocycles. The van der Waals surface area contributed by atoms with Crippen LogP contribution in [-0.4, -0.2) is 34.3 Å². The molecule has 1 heterocycles. The van der Waals surface area contributed by atoms with Crippen molar-refractivity contribution >= 4 is 5.91 Å². The molecule has 1 amide bonds. The van der Waals surface area contributed by atoms with Crippen LogP contribution in [0, 0.1) is 5.41 Å². The number of carbonyl (C=O) groups is 1. The summed E-state index contributed by atoms with van der Waals surface area (Å²) >= 11 is 0. The van der Waals surface area contributed by atoms with Crippen LogP contribution >= 0.6 is 0 Å². The second-order valence-electron chi connectivity index (χ2n) is 6.47. The van der Waals surface area contributed by atoms with E-state index >= 15 is 0 Å². The van der Waals surface area contributed by atoms with Gasteiger partial charge in [0.2, 0.25) is 11.7 Å². The van der Waals surface area contributed by atoms with Gasteiger partial charge in [0.05, 0.1) is 6.61 Å². The molecule has 1 aliphatic carbocycles. The molecule has 0 saturated heterocycles. The third kappa shape index (κ3) is 4.17. The van der Waals surface area contributed by atoms with Gasteiger partial charge in [0, 0.05) is 23.9 Å². The molecule has 1 saturated carbocycles. The van der Waals surface area contributed by atoms with Gasteiger partial charge in [0.25, 0.3) is 5.91 Å². The molecular formula is C18H23N3O4. The van der Waals surface area contributed by atoms with Crippen LogP contribution in [0.4, 0.5) is 0 Å². The van der Waals surface area contributed by atoms with Crippen molar-refractivity contribution in [2.24, 2.45) is 5.41 Å². The zero-order valence-corrected chi connectivity index (χ0v) is 14.3. The first-order valence-electron chi connectivity index (χ1n) is 8.57. The zero-order chi connectivity index (χ0) is 17.7. The van der Waals surface area contributed by atoms with Gasteiger partial charge < -0.3 is 19.7 Å². The summed E-state index contributed by atoms with van der Waals surface area (Å²) in [6, 6.07) is 6.90. The highest BCUT2D eigenvalue weighted by Gasteiger charge is 2.36. The molecule has 7 heteroatoms. The number of nitrogens with one attached hydrogen (secondary N) is 1. The van der Waals surface area contributed by atoms with Crippen molar-refractivity contribution in [2.45, 2.75) is 39.2 Å². The van der Waals surface area contributed by atoms with Gasteiger partial charge in [-0.05, 0) is 37.1 Å². The van der Waals surface area contributed by atoms with E-state index in [1.807, 2.05) is 6.92 Å². The molecule has 0 radical (unpaired) electrons. The van der Waals surface area contributed by atoms with Gasteiger partial charge >= 0.3 is 0 Å². The number of rotatable bonds is 8. The topological polar surface area (TPSA) is 97.5 Å². The summed E-state index contributed by atoms with van der Waals surface area (Å²) in [4.78, 5) is 16.4. The highest BCUT2D eigenvalue weighted by atomic mass is 16.5. The van der Waals surface area contributed by atoms with E-state index in [1.165, 1.54) is 0 Å². The quantitative estimate of drug-likeness (QED) is 0.760. The lowest BCUT2D eigenvalue weighted by Crippen LogP contribution is -2.44. The minimum Gasteiger partial charge on any atom is -0.485 e. The van der Waals surface area contributed by atoms with Crippen molar-refractivity contribution in [2.75, 3.05) is 13.2 Å². The zero-order valence-electron chi connectivity index (χ0n) is 14.3. The van der Waals surface area contributed by atoms with Gasteiger partial charge in [-0.15, -0.1) is 0 Å². The predicted molar refractivity (Wildman–Crippen MR) is 90.2 cm³/mol. The molecule has 2 N–H and O–H groups in total. The Morgan fingerprint density at radius 2 is 2.12 bits per heavy atom. The number of hydrogen-bond donors (Lipinski definition) is 2. The highest BCUT2D eigenvalue weighted by Crippen LogP contribution is 2.39. The fraction of sp³-hybridized carbons (Fsp3) is 0.500. The molecule has 7 nitrogen and oxygen atoms in total. The molecule has 3 rings (SSSR count). The highest BCUT2D eigenvalue weighted by molar-refractivity contribution is 5.94. The Kier molecular flexibility index (Phi) is 5.33. The van der Waals surface area contributed by atoms with Crippen molar-refractivity contribution in [3.8, 4) is 5.75 Å². The molecule has 2 aromatic rings. The summed E-state index contributed by atoms with van der Waals surface area (Å²) in [5.74, 6) is 1.56. The largest absolute Gasteiger partial charge is 0.485 e. The molecule has 0 spiro atoms. The monoisotopic (exact) mass is 345 g/mol. The van der Waals surface area contributed by atoms with E-state index in [2.05, 4.69) is 15.5 Å². The first kappa shape index (κ1) is 17.4. The van der Waals surface area contributed by atoms with Crippen molar-refractivity contribution in [3.05, 3.63) is 41.5 Å². The molecule has 0 aliphatic heterocycles. The minimum absolute atomic E-state index is 0.121. The van der Waals surface area contributed by atoms with Gasteiger partial charge in [-0.1, -0.05) is 18.5 Å². The predicted octanol–water partition coefficient (Wildman–Crippen LogP) is 2.10. The average molecular weight is 345 g/mol. The standard InChI is InChI=1S/C18H23N3O4/c1-2-16-20-15(21-25-16)10-24-14-6-4-13(5-7-14)17(23)19-11-18(12-22)8-3-9-18/h4-7,22H,2-3,8-12H2,1H3,(H,19,23). The van der Waals surface area contributed by atoms with E-state index in [-0.39, 0.29) is 24.5 Å². The lowest BCUT2D eigenvalue weighted by atomic mass is 9.69. The maximum atomic E-state index is 12.2. The number of nitrogens with zero attached hydrogens (tertiary/aromatic N) is 2. The van der Waals surface area contributed by atoms with E-state index < -0.39 is 0 Å². The van der Waals surface area contributed by atoms with Gasteiger partial charge in [-0.3, -0.25) is 4.79 Å².